The highest BCUT2D eigenvalue weighted by Crippen LogP contribution is 2.34. The average Bonchev–Trinajstić information content (AvgIpc) is 2.83. The van der Waals surface area contributed by atoms with Crippen LogP contribution in [-0.4, -0.2) is 17.7 Å². The van der Waals surface area contributed by atoms with Crippen molar-refractivity contribution in [3.8, 4) is 0 Å². The van der Waals surface area contributed by atoms with Crippen molar-refractivity contribution in [2.45, 2.75) is 18.9 Å². The molecule has 0 aliphatic carbocycles. The second-order valence-corrected chi connectivity index (χ2v) is 5.39. The number of rotatable bonds is 1. The van der Waals surface area contributed by atoms with Gasteiger partial charge in [0.25, 0.3) is 0 Å². The van der Waals surface area contributed by atoms with Gasteiger partial charge in [0.15, 0.2) is 0 Å². The Balaban J connectivity index is 2.04. The second kappa shape index (κ2) is 4.39. The lowest BCUT2D eigenvalue weighted by atomic mass is 10.1. The highest BCUT2D eigenvalue weighted by Gasteiger charge is 2.19. The van der Waals surface area contributed by atoms with Gasteiger partial charge in [-0.25, -0.2) is 0 Å². The monoisotopic (exact) mass is 250 g/mol. The number of nitrogens with zero attached hydrogens (tertiary/aromatic N) is 1. The lowest BCUT2D eigenvalue weighted by Crippen LogP contribution is -2.29. The minimum absolute atomic E-state index is 0.631. The molecule has 1 aromatic heterocycles. The van der Waals surface area contributed by atoms with Gasteiger partial charge in [-0.2, -0.15) is 0 Å². The summed E-state index contributed by atoms with van der Waals surface area (Å²) in [7, 11) is 0. The van der Waals surface area contributed by atoms with Crippen LogP contribution in [-0.2, 0) is 0 Å². The van der Waals surface area contributed by atoms with Gasteiger partial charge in [0.2, 0.25) is 0 Å². The summed E-state index contributed by atoms with van der Waals surface area (Å²) in [6, 6.07) is 18.2. The zero-order chi connectivity index (χ0) is 12.7. The summed E-state index contributed by atoms with van der Waals surface area (Å²) in [5, 5.41) is 6.23. The molecule has 2 nitrogen and oxygen atoms in total. The van der Waals surface area contributed by atoms with Crippen molar-refractivity contribution < 1.29 is 0 Å². The zero-order valence-corrected chi connectivity index (χ0v) is 11.0. The molecule has 0 spiro atoms. The van der Waals surface area contributed by atoms with Crippen LogP contribution < -0.4 is 5.32 Å². The van der Waals surface area contributed by atoms with E-state index >= 15 is 0 Å². The third-order valence-corrected chi connectivity index (χ3v) is 4.29. The van der Waals surface area contributed by atoms with Crippen LogP contribution in [0, 0.1) is 0 Å². The van der Waals surface area contributed by atoms with Gasteiger partial charge in [-0.05, 0) is 38.1 Å². The maximum absolute atomic E-state index is 3.46. The Bertz CT molecular complexity index is 667. The van der Waals surface area contributed by atoms with Gasteiger partial charge in [-0.15, -0.1) is 0 Å². The Kier molecular flexibility index (Phi) is 2.56. The summed E-state index contributed by atoms with van der Waals surface area (Å²) in [5.74, 6) is 0. The fourth-order valence-electron chi connectivity index (χ4n) is 3.41. The number of hydrogen-bond donors (Lipinski definition) is 1. The molecule has 96 valence electrons. The van der Waals surface area contributed by atoms with E-state index in [0.29, 0.717) is 6.04 Å². The Hall–Kier alpha value is -1.80. The highest BCUT2D eigenvalue weighted by atomic mass is 15.0. The summed E-state index contributed by atoms with van der Waals surface area (Å²) in [6.45, 7) is 2.26. The Morgan fingerprint density at radius 1 is 0.789 bits per heavy atom. The average molecular weight is 250 g/mol. The Labute approximate surface area is 113 Å². The number of para-hydroxylation sites is 2. The van der Waals surface area contributed by atoms with Gasteiger partial charge in [-0.3, -0.25) is 0 Å². The van der Waals surface area contributed by atoms with Crippen LogP contribution in [0.15, 0.2) is 48.5 Å². The lowest BCUT2D eigenvalue weighted by Gasteiger charge is -2.26. The number of benzene rings is 2. The SMILES string of the molecule is c1ccc2c(c1)c1ccccc1n2C1CCNCC1. The molecule has 1 fully saturated rings. The van der Waals surface area contributed by atoms with Crippen LogP contribution in [0.5, 0.6) is 0 Å². The number of hydrogen-bond acceptors (Lipinski definition) is 1. The molecular formula is C17H18N2. The molecule has 1 saturated heterocycles. The van der Waals surface area contributed by atoms with Crippen molar-refractivity contribution in [1.29, 1.82) is 0 Å². The highest BCUT2D eigenvalue weighted by molar-refractivity contribution is 6.08. The third-order valence-electron chi connectivity index (χ3n) is 4.29. The summed E-state index contributed by atoms with van der Waals surface area (Å²) >= 11 is 0. The summed E-state index contributed by atoms with van der Waals surface area (Å²) in [6.07, 6.45) is 2.45. The molecule has 4 rings (SSSR count). The fourth-order valence-corrected chi connectivity index (χ4v) is 3.41. The molecule has 19 heavy (non-hydrogen) atoms. The smallest absolute Gasteiger partial charge is 0.0494 e. The van der Waals surface area contributed by atoms with Crippen molar-refractivity contribution >= 4 is 21.8 Å². The summed E-state index contributed by atoms with van der Waals surface area (Å²) < 4.78 is 2.56. The molecule has 0 bridgehead atoms. The van der Waals surface area contributed by atoms with Crippen LogP contribution in [0.25, 0.3) is 21.8 Å². The van der Waals surface area contributed by atoms with Gasteiger partial charge in [0.05, 0.1) is 0 Å². The van der Waals surface area contributed by atoms with E-state index < -0.39 is 0 Å². The molecule has 3 aromatic rings. The predicted octanol–water partition coefficient (Wildman–Crippen LogP) is 3.72. The molecule has 2 heteroatoms. The van der Waals surface area contributed by atoms with Crippen molar-refractivity contribution in [2.24, 2.45) is 0 Å². The van der Waals surface area contributed by atoms with Crippen molar-refractivity contribution in [1.82, 2.24) is 9.88 Å². The van der Waals surface area contributed by atoms with E-state index in [1.807, 2.05) is 0 Å². The minimum Gasteiger partial charge on any atom is -0.337 e. The first-order valence-electron chi connectivity index (χ1n) is 7.13. The number of piperidine rings is 1. The van der Waals surface area contributed by atoms with E-state index in [4.69, 9.17) is 0 Å². The van der Waals surface area contributed by atoms with Gasteiger partial charge >= 0.3 is 0 Å². The van der Waals surface area contributed by atoms with Gasteiger partial charge in [0.1, 0.15) is 0 Å². The summed E-state index contributed by atoms with van der Waals surface area (Å²) in [5.41, 5.74) is 2.77. The van der Waals surface area contributed by atoms with Crippen LogP contribution in [0.1, 0.15) is 18.9 Å². The second-order valence-electron chi connectivity index (χ2n) is 5.39. The molecule has 0 radical (unpaired) electrons. The lowest BCUT2D eigenvalue weighted by molar-refractivity contribution is 0.383. The molecule has 2 aromatic carbocycles. The standard InChI is InChI=1S/C17H18N2/c1-3-7-16-14(5-1)15-6-2-4-8-17(15)19(16)13-9-11-18-12-10-13/h1-8,13,18H,9-12H2. The Morgan fingerprint density at radius 3 is 1.89 bits per heavy atom. The van der Waals surface area contributed by atoms with Crippen LogP contribution in [0.3, 0.4) is 0 Å². The molecule has 2 heterocycles. The fraction of sp³-hybridized carbons (Fsp3) is 0.294. The number of aromatic nitrogens is 1. The number of fused-ring (bicyclic) bond motifs is 3. The van der Waals surface area contributed by atoms with E-state index in [2.05, 4.69) is 58.4 Å². The van der Waals surface area contributed by atoms with Crippen LogP contribution in [0.4, 0.5) is 0 Å². The molecular weight excluding hydrogens is 232 g/mol. The van der Waals surface area contributed by atoms with E-state index in [1.54, 1.807) is 0 Å². The van der Waals surface area contributed by atoms with Crippen molar-refractivity contribution in [3.05, 3.63) is 48.5 Å². The topological polar surface area (TPSA) is 17.0 Å². The maximum Gasteiger partial charge on any atom is 0.0494 e. The first-order chi connectivity index (χ1) is 9.45. The summed E-state index contributed by atoms with van der Waals surface area (Å²) in [4.78, 5) is 0. The van der Waals surface area contributed by atoms with Gasteiger partial charge in [-0.1, -0.05) is 36.4 Å². The molecule has 0 saturated carbocycles. The molecule has 0 unspecified atom stereocenters. The van der Waals surface area contributed by atoms with Gasteiger partial charge < -0.3 is 9.88 Å². The predicted molar refractivity (Wildman–Crippen MR) is 80.6 cm³/mol. The van der Waals surface area contributed by atoms with Crippen molar-refractivity contribution in [2.75, 3.05) is 13.1 Å². The number of nitrogens with one attached hydrogen (secondary N) is 1. The molecule has 1 aliphatic heterocycles. The van der Waals surface area contributed by atoms with Crippen LogP contribution >= 0.6 is 0 Å². The van der Waals surface area contributed by atoms with Gasteiger partial charge in [0, 0.05) is 27.8 Å². The van der Waals surface area contributed by atoms with E-state index in [1.165, 1.54) is 34.6 Å². The third kappa shape index (κ3) is 1.67. The maximum atomic E-state index is 3.46. The normalized spacial score (nSPS) is 17.3. The minimum atomic E-state index is 0.631. The Morgan fingerprint density at radius 2 is 1.32 bits per heavy atom. The largest absolute Gasteiger partial charge is 0.337 e. The molecule has 1 N–H and O–H groups in total. The van der Waals surface area contributed by atoms with Crippen molar-refractivity contribution in [3.63, 3.8) is 0 Å². The molecule has 0 atom stereocenters. The van der Waals surface area contributed by atoms with E-state index in [0.717, 1.165) is 13.1 Å². The molecule has 0 amide bonds. The quantitative estimate of drug-likeness (QED) is 0.696. The first-order valence-corrected chi connectivity index (χ1v) is 7.13. The molecule has 1 aliphatic rings. The van der Waals surface area contributed by atoms with Crippen LogP contribution in [0.2, 0.25) is 0 Å². The van der Waals surface area contributed by atoms with E-state index in [-0.39, 0.29) is 0 Å². The van der Waals surface area contributed by atoms with E-state index in [9.17, 15) is 0 Å². The first kappa shape index (κ1) is 11.1. The zero-order valence-electron chi connectivity index (χ0n) is 11.0.